The van der Waals surface area contributed by atoms with Gasteiger partial charge in [0.05, 0.1) is 0 Å². The quantitative estimate of drug-likeness (QED) is 0.521. The van der Waals surface area contributed by atoms with Crippen molar-refractivity contribution in [2.24, 2.45) is 0 Å². The third-order valence-corrected chi connectivity index (χ3v) is 2.07. The molecule has 1 N–H and O–H groups in total. The average molecular weight is 169 g/mol. The lowest BCUT2D eigenvalue weighted by molar-refractivity contribution is 0.583. The topological polar surface area (TPSA) is 12.0 Å². The summed E-state index contributed by atoms with van der Waals surface area (Å²) in [5.41, 5.74) is 0. The smallest absolute Gasteiger partial charge is 0.0141 e. The molecule has 0 aliphatic rings. The van der Waals surface area contributed by atoms with Gasteiger partial charge in [0.2, 0.25) is 0 Å². The molecule has 0 atom stereocenters. The molecule has 0 aliphatic carbocycles. The van der Waals surface area contributed by atoms with Crippen LogP contribution < -0.4 is 5.32 Å². The van der Waals surface area contributed by atoms with Crippen molar-refractivity contribution in [2.75, 3.05) is 6.54 Å². The van der Waals surface area contributed by atoms with E-state index in [1.807, 2.05) is 0 Å². The Kier molecular flexibility index (Phi) is 10.1. The Balaban J connectivity index is 2.77. The molecule has 0 heterocycles. The lowest BCUT2D eigenvalue weighted by atomic mass is 10.1. The maximum atomic E-state index is 3.61. The van der Waals surface area contributed by atoms with E-state index in [2.05, 4.69) is 18.8 Å². The average Bonchev–Trinajstić information content (AvgIpc) is 2.10. The zero-order valence-corrected chi connectivity index (χ0v) is 8.44. The molecule has 0 unspecified atom stereocenters. The summed E-state index contributed by atoms with van der Waals surface area (Å²) in [4.78, 5) is 0. The molecular weight excluding hydrogens is 146 g/mol. The SMILES string of the molecule is C=CNCCCCCCCCC. The van der Waals surface area contributed by atoms with Crippen molar-refractivity contribution in [3.05, 3.63) is 12.8 Å². The normalized spacial score (nSPS) is 9.75. The van der Waals surface area contributed by atoms with E-state index in [-0.39, 0.29) is 0 Å². The summed E-state index contributed by atoms with van der Waals surface area (Å²) < 4.78 is 0. The maximum Gasteiger partial charge on any atom is 0.0141 e. The van der Waals surface area contributed by atoms with Gasteiger partial charge in [0.15, 0.2) is 0 Å². The summed E-state index contributed by atoms with van der Waals surface area (Å²) in [7, 11) is 0. The van der Waals surface area contributed by atoms with Crippen LogP contribution in [0.15, 0.2) is 12.8 Å². The van der Waals surface area contributed by atoms with Crippen molar-refractivity contribution in [1.29, 1.82) is 0 Å². The molecule has 0 saturated heterocycles. The molecule has 0 amide bonds. The van der Waals surface area contributed by atoms with Gasteiger partial charge in [0.25, 0.3) is 0 Å². The van der Waals surface area contributed by atoms with Crippen LogP contribution in [0.5, 0.6) is 0 Å². The van der Waals surface area contributed by atoms with Gasteiger partial charge >= 0.3 is 0 Å². The standard InChI is InChI=1S/C11H23N/c1-3-5-6-7-8-9-10-11-12-4-2/h4,12H,2-3,5-11H2,1H3. The van der Waals surface area contributed by atoms with Gasteiger partial charge < -0.3 is 5.32 Å². The number of unbranched alkanes of at least 4 members (excludes halogenated alkanes) is 6. The molecule has 0 radical (unpaired) electrons. The van der Waals surface area contributed by atoms with E-state index in [9.17, 15) is 0 Å². The van der Waals surface area contributed by atoms with Gasteiger partial charge in [-0.1, -0.05) is 52.0 Å². The summed E-state index contributed by atoms with van der Waals surface area (Å²) in [6, 6.07) is 0. The first-order chi connectivity index (χ1) is 5.91. The fourth-order valence-corrected chi connectivity index (χ4v) is 1.29. The minimum Gasteiger partial charge on any atom is -0.391 e. The van der Waals surface area contributed by atoms with E-state index in [1.54, 1.807) is 6.20 Å². The fourth-order valence-electron chi connectivity index (χ4n) is 1.29. The summed E-state index contributed by atoms with van der Waals surface area (Å²) in [6.45, 7) is 6.96. The van der Waals surface area contributed by atoms with Crippen LogP contribution in [-0.4, -0.2) is 6.54 Å². The van der Waals surface area contributed by atoms with Gasteiger partial charge in [0, 0.05) is 6.54 Å². The van der Waals surface area contributed by atoms with Crippen LogP contribution in [0.25, 0.3) is 0 Å². The van der Waals surface area contributed by atoms with Crippen molar-refractivity contribution in [1.82, 2.24) is 5.32 Å². The highest BCUT2D eigenvalue weighted by atomic mass is 14.8. The molecular formula is C11H23N. The number of hydrogen-bond donors (Lipinski definition) is 1. The molecule has 0 bridgehead atoms. The second-order valence-corrected chi connectivity index (χ2v) is 3.28. The first-order valence-corrected chi connectivity index (χ1v) is 5.26. The molecule has 0 aromatic carbocycles. The van der Waals surface area contributed by atoms with E-state index in [0.717, 1.165) is 6.54 Å². The predicted molar refractivity (Wildman–Crippen MR) is 56.2 cm³/mol. The molecule has 1 nitrogen and oxygen atoms in total. The monoisotopic (exact) mass is 169 g/mol. The predicted octanol–water partition coefficient (Wildman–Crippen LogP) is 3.47. The van der Waals surface area contributed by atoms with Gasteiger partial charge in [-0.15, -0.1) is 0 Å². The highest BCUT2D eigenvalue weighted by Gasteiger charge is 1.88. The van der Waals surface area contributed by atoms with Crippen LogP contribution in [0.4, 0.5) is 0 Å². The maximum absolute atomic E-state index is 3.61. The van der Waals surface area contributed by atoms with Crippen LogP contribution in [0.1, 0.15) is 51.9 Å². The molecule has 72 valence electrons. The Bertz CT molecular complexity index is 89.0. The van der Waals surface area contributed by atoms with Gasteiger partial charge in [-0.3, -0.25) is 0 Å². The lowest BCUT2D eigenvalue weighted by Gasteiger charge is -2.00. The van der Waals surface area contributed by atoms with Gasteiger partial charge in [-0.25, -0.2) is 0 Å². The second-order valence-electron chi connectivity index (χ2n) is 3.28. The second kappa shape index (κ2) is 10.5. The Morgan fingerprint density at radius 2 is 1.58 bits per heavy atom. The fraction of sp³-hybridized carbons (Fsp3) is 0.818. The Labute approximate surface area is 77.2 Å². The van der Waals surface area contributed by atoms with Crippen molar-refractivity contribution >= 4 is 0 Å². The van der Waals surface area contributed by atoms with Crippen LogP contribution in [0, 0.1) is 0 Å². The molecule has 0 rings (SSSR count). The summed E-state index contributed by atoms with van der Waals surface area (Å²) in [5, 5.41) is 3.11. The summed E-state index contributed by atoms with van der Waals surface area (Å²) in [5.74, 6) is 0. The molecule has 0 fully saturated rings. The van der Waals surface area contributed by atoms with Gasteiger partial charge in [-0.2, -0.15) is 0 Å². The Morgan fingerprint density at radius 1 is 1.00 bits per heavy atom. The zero-order valence-electron chi connectivity index (χ0n) is 8.44. The number of nitrogens with one attached hydrogen (secondary N) is 1. The number of rotatable bonds is 9. The molecule has 0 aromatic rings. The van der Waals surface area contributed by atoms with Crippen molar-refractivity contribution in [2.45, 2.75) is 51.9 Å². The minimum atomic E-state index is 1.09. The third-order valence-electron chi connectivity index (χ3n) is 2.07. The first-order valence-electron chi connectivity index (χ1n) is 5.26. The summed E-state index contributed by atoms with van der Waals surface area (Å²) in [6.07, 6.45) is 11.4. The van der Waals surface area contributed by atoms with Gasteiger partial charge in [-0.05, 0) is 12.6 Å². The van der Waals surface area contributed by atoms with E-state index >= 15 is 0 Å². The van der Waals surface area contributed by atoms with Crippen LogP contribution in [0.3, 0.4) is 0 Å². The first kappa shape index (κ1) is 11.5. The Hall–Kier alpha value is -0.460. The molecule has 12 heavy (non-hydrogen) atoms. The molecule has 0 spiro atoms. The van der Waals surface area contributed by atoms with Crippen LogP contribution in [0.2, 0.25) is 0 Å². The van der Waals surface area contributed by atoms with E-state index in [4.69, 9.17) is 0 Å². The molecule has 0 saturated carbocycles. The molecule has 0 aromatic heterocycles. The van der Waals surface area contributed by atoms with Crippen molar-refractivity contribution < 1.29 is 0 Å². The van der Waals surface area contributed by atoms with Crippen molar-refractivity contribution in [3.63, 3.8) is 0 Å². The molecule has 0 aliphatic heterocycles. The van der Waals surface area contributed by atoms with Gasteiger partial charge in [0.1, 0.15) is 0 Å². The highest BCUT2D eigenvalue weighted by molar-refractivity contribution is 4.61. The third kappa shape index (κ3) is 9.54. The van der Waals surface area contributed by atoms with E-state index in [1.165, 1.54) is 44.9 Å². The molecule has 1 heteroatoms. The van der Waals surface area contributed by atoms with E-state index < -0.39 is 0 Å². The number of hydrogen-bond acceptors (Lipinski definition) is 1. The minimum absolute atomic E-state index is 1.09. The Morgan fingerprint density at radius 3 is 2.17 bits per heavy atom. The summed E-state index contributed by atoms with van der Waals surface area (Å²) >= 11 is 0. The largest absolute Gasteiger partial charge is 0.391 e. The van der Waals surface area contributed by atoms with Crippen LogP contribution in [-0.2, 0) is 0 Å². The van der Waals surface area contributed by atoms with E-state index in [0.29, 0.717) is 0 Å². The lowest BCUT2D eigenvalue weighted by Crippen LogP contribution is -2.05. The van der Waals surface area contributed by atoms with Crippen LogP contribution >= 0.6 is 0 Å². The zero-order chi connectivity index (χ0) is 9.07. The highest BCUT2D eigenvalue weighted by Crippen LogP contribution is 2.05. The van der Waals surface area contributed by atoms with Crippen molar-refractivity contribution in [3.8, 4) is 0 Å².